The van der Waals surface area contributed by atoms with Gasteiger partial charge in [-0.2, -0.15) is 0 Å². The zero-order valence-corrected chi connectivity index (χ0v) is 20.4. The fraction of sp³-hybridized carbons (Fsp3) is 0.520. The molecule has 1 aliphatic rings. The van der Waals surface area contributed by atoms with E-state index >= 15 is 0 Å². The lowest BCUT2D eigenvalue weighted by molar-refractivity contribution is 0.0325. The molecule has 2 aromatic rings. The topological polar surface area (TPSA) is 112 Å². The minimum Gasteiger partial charge on any atom is -0.472 e. The molecular formula is C25H33N5O4. The van der Waals surface area contributed by atoms with Gasteiger partial charge in [-0.3, -0.25) is 9.69 Å². The molecule has 9 nitrogen and oxygen atoms in total. The van der Waals surface area contributed by atoms with Gasteiger partial charge in [0, 0.05) is 55.3 Å². The normalized spacial score (nSPS) is 19.4. The number of aliphatic hydroxyl groups is 2. The number of hydrogen-bond donors (Lipinski definition) is 2. The minimum absolute atomic E-state index is 0.0166. The van der Waals surface area contributed by atoms with E-state index in [0.717, 1.165) is 5.56 Å². The van der Waals surface area contributed by atoms with Crippen LogP contribution in [-0.2, 0) is 6.54 Å². The van der Waals surface area contributed by atoms with Gasteiger partial charge in [0.05, 0.1) is 12.6 Å². The Balaban J connectivity index is 1.92. The first-order valence-electron chi connectivity index (χ1n) is 11.3. The number of rotatable bonds is 6. The zero-order valence-electron chi connectivity index (χ0n) is 20.4. The van der Waals surface area contributed by atoms with Gasteiger partial charge >= 0.3 is 0 Å². The average molecular weight is 468 g/mol. The molecule has 2 N–H and O–H groups in total. The SMILES string of the molecule is C[C@H](CO)N1C[C@H](C)[C@H](CN(C)Cc2cncnc2)Oc2ncc(C#CC(C)(C)O)cc2C1=O. The number of amides is 1. The lowest BCUT2D eigenvalue weighted by Gasteiger charge is -2.37. The van der Waals surface area contributed by atoms with Crippen LogP contribution in [0.5, 0.6) is 5.88 Å². The summed E-state index contributed by atoms with van der Waals surface area (Å²) in [5.41, 5.74) is 0.610. The highest BCUT2D eigenvalue weighted by Crippen LogP contribution is 2.27. The molecular weight excluding hydrogens is 434 g/mol. The van der Waals surface area contributed by atoms with Gasteiger partial charge in [0.15, 0.2) is 0 Å². The molecule has 182 valence electrons. The molecule has 0 aliphatic carbocycles. The number of nitrogens with zero attached hydrogens (tertiary/aromatic N) is 5. The highest BCUT2D eigenvalue weighted by molar-refractivity contribution is 5.97. The van der Waals surface area contributed by atoms with Crippen LogP contribution in [-0.4, -0.2) is 85.4 Å². The van der Waals surface area contributed by atoms with Gasteiger partial charge in [-0.25, -0.2) is 15.0 Å². The van der Waals surface area contributed by atoms with Crippen molar-refractivity contribution in [1.29, 1.82) is 0 Å². The predicted molar refractivity (Wildman–Crippen MR) is 127 cm³/mol. The number of carbonyl (C=O) groups excluding carboxylic acids is 1. The zero-order chi connectivity index (χ0) is 24.9. The third-order valence-electron chi connectivity index (χ3n) is 5.59. The summed E-state index contributed by atoms with van der Waals surface area (Å²) in [4.78, 5) is 29.8. The number of fused-ring (bicyclic) bond motifs is 1. The molecule has 0 spiro atoms. The first-order valence-corrected chi connectivity index (χ1v) is 11.3. The maximum absolute atomic E-state index is 13.4. The van der Waals surface area contributed by atoms with Crippen LogP contribution in [0.3, 0.4) is 0 Å². The smallest absolute Gasteiger partial charge is 0.259 e. The van der Waals surface area contributed by atoms with Gasteiger partial charge in [-0.1, -0.05) is 18.8 Å². The van der Waals surface area contributed by atoms with E-state index in [0.29, 0.717) is 30.8 Å². The van der Waals surface area contributed by atoms with E-state index in [4.69, 9.17) is 4.74 Å². The number of carbonyl (C=O) groups is 1. The Morgan fingerprint density at radius 3 is 2.68 bits per heavy atom. The molecule has 0 bridgehead atoms. The molecule has 1 aliphatic heterocycles. The van der Waals surface area contributed by atoms with Gasteiger partial charge in [0.25, 0.3) is 5.91 Å². The Hall–Kier alpha value is -3.06. The molecule has 2 aromatic heterocycles. The molecule has 34 heavy (non-hydrogen) atoms. The summed E-state index contributed by atoms with van der Waals surface area (Å²) in [6.45, 7) is 8.53. The van der Waals surface area contributed by atoms with E-state index < -0.39 is 5.60 Å². The van der Waals surface area contributed by atoms with Crippen LogP contribution in [0.2, 0.25) is 0 Å². The van der Waals surface area contributed by atoms with Crippen LogP contribution in [0.15, 0.2) is 31.0 Å². The molecule has 3 rings (SSSR count). The predicted octanol–water partition coefficient (Wildman–Crippen LogP) is 1.35. The van der Waals surface area contributed by atoms with E-state index in [9.17, 15) is 15.0 Å². The van der Waals surface area contributed by atoms with Crippen molar-refractivity contribution in [2.45, 2.75) is 52.0 Å². The van der Waals surface area contributed by atoms with Crippen LogP contribution in [0.25, 0.3) is 0 Å². The number of aliphatic hydroxyl groups excluding tert-OH is 1. The van der Waals surface area contributed by atoms with Crippen molar-refractivity contribution in [2.75, 3.05) is 26.7 Å². The quantitative estimate of drug-likeness (QED) is 0.613. The molecule has 1 amide bonds. The van der Waals surface area contributed by atoms with Crippen LogP contribution in [0.4, 0.5) is 0 Å². The monoisotopic (exact) mass is 467 g/mol. The standard InChI is InChI=1S/C25H33N5O4/c1-17-12-30(18(2)15-31)24(32)21-8-19(6-7-25(3,4)33)11-28-23(21)34-22(17)14-29(5)13-20-9-26-16-27-10-20/h8-11,16-18,22,31,33H,12-15H2,1-5H3/t17-,18+,22-/m0/s1. The summed E-state index contributed by atoms with van der Waals surface area (Å²) >= 11 is 0. The summed E-state index contributed by atoms with van der Waals surface area (Å²) in [7, 11) is 1.99. The van der Waals surface area contributed by atoms with Crippen molar-refractivity contribution >= 4 is 5.91 Å². The Kier molecular flexibility index (Phi) is 8.20. The van der Waals surface area contributed by atoms with Crippen LogP contribution in [0, 0.1) is 17.8 Å². The number of pyridine rings is 1. The van der Waals surface area contributed by atoms with Crippen LogP contribution in [0.1, 0.15) is 49.2 Å². The molecule has 0 radical (unpaired) electrons. The molecule has 0 unspecified atom stereocenters. The summed E-state index contributed by atoms with van der Waals surface area (Å²) < 4.78 is 6.30. The number of likely N-dealkylation sites (N-methyl/N-ethyl adjacent to an activating group) is 1. The van der Waals surface area contributed by atoms with Crippen molar-refractivity contribution in [3.05, 3.63) is 47.7 Å². The second-order valence-electron chi connectivity index (χ2n) is 9.45. The number of ether oxygens (including phenoxy) is 1. The van der Waals surface area contributed by atoms with E-state index in [1.54, 1.807) is 43.4 Å². The second-order valence-corrected chi connectivity index (χ2v) is 9.45. The third kappa shape index (κ3) is 6.73. The van der Waals surface area contributed by atoms with Crippen molar-refractivity contribution < 1.29 is 19.7 Å². The van der Waals surface area contributed by atoms with Crippen molar-refractivity contribution in [3.63, 3.8) is 0 Å². The van der Waals surface area contributed by atoms with E-state index in [1.807, 2.05) is 20.9 Å². The largest absolute Gasteiger partial charge is 0.472 e. The summed E-state index contributed by atoms with van der Waals surface area (Å²) in [5.74, 6) is 5.57. The number of aromatic nitrogens is 3. The van der Waals surface area contributed by atoms with Gasteiger partial charge in [-0.05, 0) is 33.9 Å². The van der Waals surface area contributed by atoms with Gasteiger partial charge in [0.2, 0.25) is 5.88 Å². The van der Waals surface area contributed by atoms with Crippen LogP contribution >= 0.6 is 0 Å². The molecule has 0 fully saturated rings. The number of hydrogen-bond acceptors (Lipinski definition) is 8. The first kappa shape index (κ1) is 25.6. The first-order chi connectivity index (χ1) is 16.1. The Bertz CT molecular complexity index is 1040. The minimum atomic E-state index is -1.17. The average Bonchev–Trinajstić information content (AvgIpc) is 2.79. The van der Waals surface area contributed by atoms with Crippen molar-refractivity contribution in [2.24, 2.45) is 5.92 Å². The summed E-state index contributed by atoms with van der Waals surface area (Å²) in [6.07, 6.45) is 6.35. The molecule has 3 heterocycles. The van der Waals surface area contributed by atoms with Gasteiger partial charge in [0.1, 0.15) is 23.6 Å². The molecule has 0 aromatic carbocycles. The molecule has 3 atom stereocenters. The molecule has 9 heteroatoms. The van der Waals surface area contributed by atoms with Gasteiger partial charge < -0.3 is 19.8 Å². The molecule has 0 saturated heterocycles. The fourth-order valence-corrected chi connectivity index (χ4v) is 3.71. The Labute approximate surface area is 200 Å². The van der Waals surface area contributed by atoms with Gasteiger partial charge in [-0.15, -0.1) is 0 Å². The lowest BCUT2D eigenvalue weighted by atomic mass is 9.99. The third-order valence-corrected chi connectivity index (χ3v) is 5.59. The summed E-state index contributed by atoms with van der Waals surface area (Å²) in [6, 6.07) is 1.27. The molecule has 0 saturated carbocycles. The second kappa shape index (κ2) is 10.9. The summed E-state index contributed by atoms with van der Waals surface area (Å²) in [5, 5.41) is 19.7. The highest BCUT2D eigenvalue weighted by Gasteiger charge is 2.34. The maximum atomic E-state index is 13.4. The van der Waals surface area contributed by atoms with Crippen molar-refractivity contribution in [1.82, 2.24) is 24.8 Å². The Morgan fingerprint density at radius 2 is 2.03 bits per heavy atom. The Morgan fingerprint density at radius 1 is 1.32 bits per heavy atom. The van der Waals surface area contributed by atoms with E-state index in [1.165, 1.54) is 6.33 Å². The lowest BCUT2D eigenvalue weighted by Crippen LogP contribution is -2.49. The van der Waals surface area contributed by atoms with E-state index in [2.05, 4.69) is 31.7 Å². The van der Waals surface area contributed by atoms with Crippen molar-refractivity contribution in [3.8, 4) is 17.7 Å². The van der Waals surface area contributed by atoms with Crippen LogP contribution < -0.4 is 4.74 Å². The maximum Gasteiger partial charge on any atom is 0.259 e. The van der Waals surface area contributed by atoms with E-state index in [-0.39, 0.29) is 36.5 Å². The fourth-order valence-electron chi connectivity index (χ4n) is 3.71. The highest BCUT2D eigenvalue weighted by atomic mass is 16.5.